The normalized spacial score (nSPS) is 11.1. The summed E-state index contributed by atoms with van der Waals surface area (Å²) in [5.74, 6) is -0.929. The number of hydrogen-bond donors (Lipinski definition) is 2. The fraction of sp³-hybridized carbons (Fsp3) is 0.300. The molecule has 0 aliphatic heterocycles. The zero-order valence-corrected chi connectivity index (χ0v) is 14.9. The van der Waals surface area contributed by atoms with E-state index in [0.717, 1.165) is 25.3 Å². The number of amides is 2. The molecular formula is C20H21F3N2O2. The van der Waals surface area contributed by atoms with Gasteiger partial charge >= 0.3 is 6.18 Å². The number of para-hydroxylation sites is 1. The van der Waals surface area contributed by atoms with Crippen molar-refractivity contribution < 1.29 is 22.8 Å². The summed E-state index contributed by atoms with van der Waals surface area (Å²) in [5.41, 5.74) is -0.678. The van der Waals surface area contributed by atoms with Crippen molar-refractivity contribution in [3.05, 3.63) is 65.2 Å². The van der Waals surface area contributed by atoms with Gasteiger partial charge in [0.15, 0.2) is 0 Å². The molecule has 7 heteroatoms. The Morgan fingerprint density at radius 3 is 2.07 bits per heavy atom. The molecule has 2 amide bonds. The molecule has 0 radical (unpaired) electrons. The van der Waals surface area contributed by atoms with Gasteiger partial charge in [0.2, 0.25) is 0 Å². The van der Waals surface area contributed by atoms with E-state index in [1.807, 2.05) is 0 Å². The Balaban J connectivity index is 2.03. The van der Waals surface area contributed by atoms with Gasteiger partial charge in [-0.05, 0) is 42.8 Å². The summed E-state index contributed by atoms with van der Waals surface area (Å²) in [6, 6.07) is 10.5. The summed E-state index contributed by atoms with van der Waals surface area (Å²) in [4.78, 5) is 24.2. The first-order valence-electron chi connectivity index (χ1n) is 8.68. The van der Waals surface area contributed by atoms with Crippen LogP contribution in [0.1, 0.15) is 52.5 Å². The molecule has 0 aromatic heterocycles. The molecule has 0 aliphatic carbocycles. The molecule has 2 N–H and O–H groups in total. The molecule has 0 saturated heterocycles. The van der Waals surface area contributed by atoms with Crippen LogP contribution in [0.15, 0.2) is 48.5 Å². The third-order valence-electron chi connectivity index (χ3n) is 3.96. The van der Waals surface area contributed by atoms with Gasteiger partial charge in [0.25, 0.3) is 11.8 Å². The third-order valence-corrected chi connectivity index (χ3v) is 3.96. The number of unbranched alkanes of at least 4 members (excludes halogenated alkanes) is 2. The zero-order valence-electron chi connectivity index (χ0n) is 14.9. The van der Waals surface area contributed by atoms with Crippen LogP contribution in [0, 0.1) is 0 Å². The monoisotopic (exact) mass is 378 g/mol. The quantitative estimate of drug-likeness (QED) is 0.675. The largest absolute Gasteiger partial charge is 0.418 e. The molecule has 0 atom stereocenters. The maximum atomic E-state index is 13.0. The fourth-order valence-electron chi connectivity index (χ4n) is 2.49. The van der Waals surface area contributed by atoms with Crippen molar-refractivity contribution in [2.45, 2.75) is 32.4 Å². The van der Waals surface area contributed by atoms with Crippen LogP contribution in [0.4, 0.5) is 18.9 Å². The topological polar surface area (TPSA) is 58.2 Å². The van der Waals surface area contributed by atoms with E-state index >= 15 is 0 Å². The highest BCUT2D eigenvalue weighted by molar-refractivity contribution is 6.05. The maximum Gasteiger partial charge on any atom is 0.418 e. The summed E-state index contributed by atoms with van der Waals surface area (Å²) >= 11 is 0. The first-order valence-corrected chi connectivity index (χ1v) is 8.68. The summed E-state index contributed by atoms with van der Waals surface area (Å²) in [7, 11) is 0. The van der Waals surface area contributed by atoms with Crippen LogP contribution in [-0.2, 0) is 6.18 Å². The lowest BCUT2D eigenvalue weighted by Gasteiger charge is -2.13. The van der Waals surface area contributed by atoms with Gasteiger partial charge in [0.05, 0.1) is 11.3 Å². The Bertz CT molecular complexity index is 787. The van der Waals surface area contributed by atoms with Gasteiger partial charge in [-0.3, -0.25) is 9.59 Å². The Hall–Kier alpha value is -2.83. The van der Waals surface area contributed by atoms with Crippen molar-refractivity contribution >= 4 is 17.5 Å². The number of carbonyl (C=O) groups excluding carboxylic acids is 2. The van der Waals surface area contributed by atoms with Gasteiger partial charge in [0, 0.05) is 17.7 Å². The number of rotatable bonds is 7. The molecule has 0 aliphatic rings. The van der Waals surface area contributed by atoms with Crippen molar-refractivity contribution in [3.8, 4) is 0 Å². The highest BCUT2D eigenvalue weighted by Gasteiger charge is 2.33. The highest BCUT2D eigenvalue weighted by Crippen LogP contribution is 2.34. The Labute approximate surface area is 155 Å². The van der Waals surface area contributed by atoms with Crippen molar-refractivity contribution in [2.75, 3.05) is 11.9 Å². The van der Waals surface area contributed by atoms with Gasteiger partial charge in [-0.15, -0.1) is 0 Å². The van der Waals surface area contributed by atoms with E-state index in [4.69, 9.17) is 0 Å². The molecule has 2 rings (SSSR count). The lowest BCUT2D eigenvalue weighted by molar-refractivity contribution is -0.136. The second-order valence-electron chi connectivity index (χ2n) is 6.04. The van der Waals surface area contributed by atoms with E-state index in [-0.39, 0.29) is 17.2 Å². The molecule has 0 bridgehead atoms. The number of alkyl halides is 3. The number of nitrogens with one attached hydrogen (secondary N) is 2. The lowest BCUT2D eigenvalue weighted by Crippen LogP contribution is -2.24. The van der Waals surface area contributed by atoms with Gasteiger partial charge in [-0.2, -0.15) is 13.2 Å². The second kappa shape index (κ2) is 9.21. The standard InChI is InChI=1S/C20H21F3N2O2/c1-2-3-6-13-24-18(26)14-9-11-15(12-10-14)19(27)25-17-8-5-4-7-16(17)20(21,22)23/h4-5,7-12H,2-3,6,13H2,1H3,(H,24,26)(H,25,27). The van der Waals surface area contributed by atoms with Crippen LogP contribution in [0.25, 0.3) is 0 Å². The van der Waals surface area contributed by atoms with Crippen molar-refractivity contribution in [2.24, 2.45) is 0 Å². The van der Waals surface area contributed by atoms with Crippen LogP contribution < -0.4 is 10.6 Å². The van der Waals surface area contributed by atoms with Crippen LogP contribution in [0.3, 0.4) is 0 Å². The molecule has 0 fully saturated rings. The van der Waals surface area contributed by atoms with E-state index in [0.29, 0.717) is 12.1 Å². The summed E-state index contributed by atoms with van der Waals surface area (Å²) < 4.78 is 39.0. The molecule has 144 valence electrons. The Morgan fingerprint density at radius 1 is 0.889 bits per heavy atom. The van der Waals surface area contributed by atoms with Gasteiger partial charge in [-0.1, -0.05) is 31.9 Å². The first kappa shape index (κ1) is 20.5. The lowest BCUT2D eigenvalue weighted by atomic mass is 10.1. The highest BCUT2D eigenvalue weighted by atomic mass is 19.4. The van der Waals surface area contributed by atoms with Gasteiger partial charge < -0.3 is 10.6 Å². The number of anilines is 1. The molecule has 27 heavy (non-hydrogen) atoms. The average Bonchev–Trinajstić information content (AvgIpc) is 2.65. The predicted octanol–water partition coefficient (Wildman–Crippen LogP) is 4.88. The number of halogens is 3. The smallest absolute Gasteiger partial charge is 0.352 e. The molecule has 0 spiro atoms. The predicted molar refractivity (Wildman–Crippen MR) is 97.7 cm³/mol. The van der Waals surface area contributed by atoms with Crippen LogP contribution in [0.5, 0.6) is 0 Å². The Kier molecular flexibility index (Phi) is 6.98. The Morgan fingerprint density at radius 2 is 1.48 bits per heavy atom. The number of benzene rings is 2. The van der Waals surface area contributed by atoms with E-state index in [1.165, 1.54) is 42.5 Å². The molecule has 0 saturated carbocycles. The van der Waals surface area contributed by atoms with E-state index < -0.39 is 17.6 Å². The number of carbonyl (C=O) groups is 2. The summed E-state index contributed by atoms with van der Waals surface area (Å²) in [6.45, 7) is 2.64. The van der Waals surface area contributed by atoms with Crippen LogP contribution in [-0.4, -0.2) is 18.4 Å². The molecule has 2 aromatic carbocycles. The second-order valence-corrected chi connectivity index (χ2v) is 6.04. The minimum Gasteiger partial charge on any atom is -0.352 e. The average molecular weight is 378 g/mol. The van der Waals surface area contributed by atoms with Crippen LogP contribution >= 0.6 is 0 Å². The third kappa shape index (κ3) is 5.84. The van der Waals surface area contributed by atoms with Gasteiger partial charge in [0.1, 0.15) is 0 Å². The minimum atomic E-state index is -4.57. The summed E-state index contributed by atoms with van der Waals surface area (Å²) in [6.07, 6.45) is -1.60. The molecule has 0 unspecified atom stereocenters. The van der Waals surface area contributed by atoms with Crippen molar-refractivity contribution in [3.63, 3.8) is 0 Å². The van der Waals surface area contributed by atoms with E-state index in [9.17, 15) is 22.8 Å². The first-order chi connectivity index (χ1) is 12.8. The molecule has 2 aromatic rings. The molecule has 0 heterocycles. The molecule has 4 nitrogen and oxygen atoms in total. The van der Waals surface area contributed by atoms with Crippen LogP contribution in [0.2, 0.25) is 0 Å². The van der Waals surface area contributed by atoms with E-state index in [2.05, 4.69) is 17.6 Å². The number of hydrogen-bond acceptors (Lipinski definition) is 2. The van der Waals surface area contributed by atoms with Crippen molar-refractivity contribution in [1.29, 1.82) is 0 Å². The van der Waals surface area contributed by atoms with Gasteiger partial charge in [-0.25, -0.2) is 0 Å². The maximum absolute atomic E-state index is 13.0. The van der Waals surface area contributed by atoms with Crippen molar-refractivity contribution in [1.82, 2.24) is 5.32 Å². The summed E-state index contributed by atoms with van der Waals surface area (Å²) in [5, 5.41) is 5.05. The zero-order chi connectivity index (χ0) is 19.9. The minimum absolute atomic E-state index is 0.162. The molecular weight excluding hydrogens is 357 g/mol. The van der Waals surface area contributed by atoms with E-state index in [1.54, 1.807) is 0 Å². The SMILES string of the molecule is CCCCCNC(=O)c1ccc(C(=O)Nc2ccccc2C(F)(F)F)cc1. The fourth-order valence-corrected chi connectivity index (χ4v) is 2.49.